The number of rotatable bonds is 6. The van der Waals surface area contributed by atoms with E-state index in [4.69, 9.17) is 9.26 Å². The second-order valence-electron chi connectivity index (χ2n) is 6.06. The number of hydrogen-bond acceptors (Lipinski definition) is 6. The summed E-state index contributed by atoms with van der Waals surface area (Å²) in [5.74, 6) is 1.58. The van der Waals surface area contributed by atoms with E-state index in [0.717, 1.165) is 49.9 Å². The van der Waals surface area contributed by atoms with Gasteiger partial charge in [-0.1, -0.05) is 11.2 Å². The zero-order valence-electron chi connectivity index (χ0n) is 15.4. The number of piperazine rings is 1. The number of nitrogens with one attached hydrogen (secondary N) is 1. The van der Waals surface area contributed by atoms with Gasteiger partial charge in [0.15, 0.2) is 5.96 Å². The molecule has 140 valence electrons. The fourth-order valence-corrected chi connectivity index (χ4v) is 3.00. The zero-order valence-corrected chi connectivity index (χ0v) is 15.4. The summed E-state index contributed by atoms with van der Waals surface area (Å²) >= 11 is 0. The average molecular weight is 358 g/mol. The standard InChI is InChI=1S/C18H26N6O2/c1-3-25-17-15(5-4-7-20-17)13-21-18(19-2)24-10-8-23(9-11-24)14-16-6-12-26-22-16/h4-7,12H,3,8-11,13-14H2,1-2H3,(H,19,21). The van der Waals surface area contributed by atoms with Gasteiger partial charge in [0, 0.05) is 64.1 Å². The third-order valence-corrected chi connectivity index (χ3v) is 4.33. The van der Waals surface area contributed by atoms with Crippen LogP contribution in [0.1, 0.15) is 18.2 Å². The predicted octanol–water partition coefficient (Wildman–Crippen LogP) is 1.36. The lowest BCUT2D eigenvalue weighted by Crippen LogP contribution is -2.52. The van der Waals surface area contributed by atoms with Crippen LogP contribution in [0, 0.1) is 0 Å². The maximum Gasteiger partial charge on any atom is 0.218 e. The van der Waals surface area contributed by atoms with Gasteiger partial charge in [0.05, 0.1) is 12.3 Å². The summed E-state index contributed by atoms with van der Waals surface area (Å²) < 4.78 is 10.5. The molecule has 1 fully saturated rings. The minimum atomic E-state index is 0.603. The summed E-state index contributed by atoms with van der Waals surface area (Å²) in [6.07, 6.45) is 3.36. The van der Waals surface area contributed by atoms with Gasteiger partial charge in [-0.05, 0) is 13.0 Å². The molecule has 26 heavy (non-hydrogen) atoms. The Bertz CT molecular complexity index is 695. The minimum Gasteiger partial charge on any atom is -0.478 e. The van der Waals surface area contributed by atoms with Gasteiger partial charge in [0.1, 0.15) is 6.26 Å². The summed E-state index contributed by atoms with van der Waals surface area (Å²) in [4.78, 5) is 13.4. The van der Waals surface area contributed by atoms with E-state index >= 15 is 0 Å². The smallest absolute Gasteiger partial charge is 0.218 e. The topological polar surface area (TPSA) is 79.0 Å². The lowest BCUT2D eigenvalue weighted by molar-refractivity contribution is 0.169. The number of hydrogen-bond donors (Lipinski definition) is 1. The molecule has 0 saturated carbocycles. The molecule has 0 unspecified atom stereocenters. The number of pyridine rings is 1. The number of nitrogens with zero attached hydrogens (tertiary/aromatic N) is 5. The SMILES string of the molecule is CCOc1ncccc1CNC(=NC)N1CCN(Cc2ccon2)CC1. The van der Waals surface area contributed by atoms with E-state index < -0.39 is 0 Å². The van der Waals surface area contributed by atoms with Crippen molar-refractivity contribution in [2.24, 2.45) is 4.99 Å². The Balaban J connectivity index is 1.51. The van der Waals surface area contributed by atoms with Crippen molar-refractivity contribution in [3.05, 3.63) is 41.9 Å². The van der Waals surface area contributed by atoms with Crippen LogP contribution in [-0.2, 0) is 13.1 Å². The first-order valence-corrected chi connectivity index (χ1v) is 8.94. The monoisotopic (exact) mass is 358 g/mol. The fraction of sp³-hybridized carbons (Fsp3) is 0.500. The Morgan fingerprint density at radius 2 is 2.15 bits per heavy atom. The molecule has 2 aromatic rings. The molecule has 1 N–H and O–H groups in total. The van der Waals surface area contributed by atoms with Crippen molar-refractivity contribution in [2.75, 3.05) is 39.8 Å². The zero-order chi connectivity index (χ0) is 18.2. The molecule has 3 rings (SSSR count). The normalized spacial score (nSPS) is 15.9. The van der Waals surface area contributed by atoms with Crippen molar-refractivity contribution in [1.29, 1.82) is 0 Å². The van der Waals surface area contributed by atoms with Gasteiger partial charge in [-0.15, -0.1) is 0 Å². The molecule has 0 radical (unpaired) electrons. The number of aliphatic imine (C=N–C) groups is 1. The van der Waals surface area contributed by atoms with Crippen molar-refractivity contribution in [3.63, 3.8) is 0 Å². The summed E-state index contributed by atoms with van der Waals surface area (Å²) in [5.41, 5.74) is 2.00. The van der Waals surface area contributed by atoms with E-state index in [9.17, 15) is 0 Å². The molecule has 0 aromatic carbocycles. The lowest BCUT2D eigenvalue weighted by Gasteiger charge is -2.36. The molecule has 8 nitrogen and oxygen atoms in total. The third kappa shape index (κ3) is 4.72. The first-order valence-electron chi connectivity index (χ1n) is 8.94. The molecule has 3 heterocycles. The number of ether oxygens (including phenoxy) is 1. The Hall–Kier alpha value is -2.61. The first-order chi connectivity index (χ1) is 12.8. The van der Waals surface area contributed by atoms with Crippen LogP contribution in [0.4, 0.5) is 0 Å². The minimum absolute atomic E-state index is 0.603. The molecule has 2 aromatic heterocycles. The van der Waals surface area contributed by atoms with Crippen LogP contribution in [0.5, 0.6) is 5.88 Å². The molecule has 1 aliphatic rings. The van der Waals surface area contributed by atoms with Crippen LogP contribution in [-0.4, -0.2) is 65.7 Å². The molecular formula is C18H26N6O2. The summed E-state index contributed by atoms with van der Waals surface area (Å²) in [6, 6.07) is 5.86. The molecule has 1 saturated heterocycles. The fourth-order valence-electron chi connectivity index (χ4n) is 3.00. The molecule has 0 bridgehead atoms. The summed E-state index contributed by atoms with van der Waals surface area (Å²) in [6.45, 7) is 7.79. The van der Waals surface area contributed by atoms with Gasteiger partial charge in [-0.2, -0.15) is 0 Å². The Morgan fingerprint density at radius 1 is 1.31 bits per heavy atom. The van der Waals surface area contributed by atoms with Crippen molar-refractivity contribution in [3.8, 4) is 5.88 Å². The molecule has 1 aliphatic heterocycles. The Labute approximate surface area is 153 Å². The predicted molar refractivity (Wildman–Crippen MR) is 99.0 cm³/mol. The van der Waals surface area contributed by atoms with Gasteiger partial charge < -0.3 is 19.5 Å². The molecular weight excluding hydrogens is 332 g/mol. The quantitative estimate of drug-likeness (QED) is 0.617. The molecule has 0 aliphatic carbocycles. The van der Waals surface area contributed by atoms with Gasteiger partial charge in [-0.3, -0.25) is 9.89 Å². The number of aromatic nitrogens is 2. The highest BCUT2D eigenvalue weighted by Crippen LogP contribution is 2.14. The second kappa shape index (κ2) is 9.19. The highest BCUT2D eigenvalue weighted by molar-refractivity contribution is 5.80. The van der Waals surface area contributed by atoms with Crippen LogP contribution in [0.3, 0.4) is 0 Å². The molecule has 8 heteroatoms. The van der Waals surface area contributed by atoms with E-state index in [-0.39, 0.29) is 0 Å². The largest absolute Gasteiger partial charge is 0.478 e. The van der Waals surface area contributed by atoms with E-state index in [1.165, 1.54) is 0 Å². The Kier molecular flexibility index (Phi) is 6.43. The van der Waals surface area contributed by atoms with E-state index in [1.54, 1.807) is 12.5 Å². The average Bonchev–Trinajstić information content (AvgIpc) is 3.18. The molecule has 0 spiro atoms. The van der Waals surface area contributed by atoms with E-state index in [0.29, 0.717) is 19.0 Å². The second-order valence-corrected chi connectivity index (χ2v) is 6.06. The van der Waals surface area contributed by atoms with E-state index in [1.807, 2.05) is 32.2 Å². The molecule has 0 amide bonds. The molecule has 0 atom stereocenters. The highest BCUT2D eigenvalue weighted by atomic mass is 16.5. The van der Waals surface area contributed by atoms with Crippen molar-refractivity contribution in [2.45, 2.75) is 20.0 Å². The van der Waals surface area contributed by atoms with Gasteiger partial charge >= 0.3 is 0 Å². The van der Waals surface area contributed by atoms with Crippen LogP contribution >= 0.6 is 0 Å². The first kappa shape index (κ1) is 18.2. The van der Waals surface area contributed by atoms with Crippen LogP contribution < -0.4 is 10.1 Å². The van der Waals surface area contributed by atoms with Crippen LogP contribution in [0.25, 0.3) is 0 Å². The van der Waals surface area contributed by atoms with Crippen molar-refractivity contribution >= 4 is 5.96 Å². The lowest BCUT2D eigenvalue weighted by atomic mass is 10.2. The van der Waals surface area contributed by atoms with Gasteiger partial charge in [-0.25, -0.2) is 4.98 Å². The van der Waals surface area contributed by atoms with Gasteiger partial charge in [0.25, 0.3) is 0 Å². The van der Waals surface area contributed by atoms with E-state index in [2.05, 4.69) is 30.2 Å². The third-order valence-electron chi connectivity index (χ3n) is 4.33. The maximum atomic E-state index is 5.59. The summed E-state index contributed by atoms with van der Waals surface area (Å²) in [5, 5.41) is 7.41. The van der Waals surface area contributed by atoms with Crippen molar-refractivity contribution < 1.29 is 9.26 Å². The van der Waals surface area contributed by atoms with Crippen LogP contribution in [0.2, 0.25) is 0 Å². The van der Waals surface area contributed by atoms with Gasteiger partial charge in [0.2, 0.25) is 5.88 Å². The highest BCUT2D eigenvalue weighted by Gasteiger charge is 2.20. The van der Waals surface area contributed by atoms with Crippen LogP contribution in [0.15, 0.2) is 40.2 Å². The number of guanidine groups is 1. The summed E-state index contributed by atoms with van der Waals surface area (Å²) in [7, 11) is 1.82. The Morgan fingerprint density at radius 3 is 2.85 bits per heavy atom. The van der Waals surface area contributed by atoms with Crippen molar-refractivity contribution in [1.82, 2.24) is 25.3 Å². The maximum absolute atomic E-state index is 5.59.